The van der Waals surface area contributed by atoms with Crippen LogP contribution in [0.1, 0.15) is 27.0 Å². The van der Waals surface area contributed by atoms with Gasteiger partial charge in [0, 0.05) is 16.7 Å². The summed E-state index contributed by atoms with van der Waals surface area (Å²) in [6, 6.07) is 15.9. The largest absolute Gasteiger partial charge is 0.416 e. The zero-order chi connectivity index (χ0) is 21.5. The van der Waals surface area contributed by atoms with Crippen molar-refractivity contribution in [3.63, 3.8) is 0 Å². The molecular formula is C23H13F4NO2. The summed E-state index contributed by atoms with van der Waals surface area (Å²) in [5.74, 6) is -2.15. The fourth-order valence-corrected chi connectivity index (χ4v) is 3.30. The number of imide groups is 1. The zero-order valence-corrected chi connectivity index (χ0v) is 15.3. The second-order valence-corrected chi connectivity index (χ2v) is 6.62. The second kappa shape index (κ2) is 7.26. The number of amides is 2. The van der Waals surface area contributed by atoms with Crippen molar-refractivity contribution in [2.75, 3.05) is 4.90 Å². The molecule has 2 amide bonds. The number of carbonyl (C=O) groups is 2. The molecule has 4 rings (SSSR count). The van der Waals surface area contributed by atoms with Crippen molar-refractivity contribution >= 4 is 29.2 Å². The van der Waals surface area contributed by atoms with Gasteiger partial charge in [0.05, 0.1) is 11.3 Å². The molecule has 3 aromatic carbocycles. The molecule has 0 aliphatic carbocycles. The monoisotopic (exact) mass is 411 g/mol. The van der Waals surface area contributed by atoms with Gasteiger partial charge in [-0.3, -0.25) is 9.59 Å². The number of alkyl halides is 3. The van der Waals surface area contributed by atoms with Crippen LogP contribution in [0.15, 0.2) is 72.8 Å². The van der Waals surface area contributed by atoms with Gasteiger partial charge in [0.25, 0.3) is 11.8 Å². The van der Waals surface area contributed by atoms with E-state index in [-0.39, 0.29) is 22.4 Å². The van der Waals surface area contributed by atoms with E-state index in [2.05, 4.69) is 0 Å². The van der Waals surface area contributed by atoms with Gasteiger partial charge >= 0.3 is 6.18 Å². The van der Waals surface area contributed by atoms with Gasteiger partial charge < -0.3 is 0 Å². The quantitative estimate of drug-likeness (QED) is 0.314. The molecule has 0 saturated carbocycles. The molecule has 0 spiro atoms. The molecule has 0 unspecified atom stereocenters. The Labute approximate surface area is 168 Å². The van der Waals surface area contributed by atoms with Crippen molar-refractivity contribution in [1.29, 1.82) is 0 Å². The maximum atomic E-state index is 14.2. The van der Waals surface area contributed by atoms with Gasteiger partial charge in [-0.05, 0) is 42.0 Å². The Bertz CT molecular complexity index is 1200. The number of hydrogen-bond donors (Lipinski definition) is 0. The van der Waals surface area contributed by atoms with E-state index in [0.29, 0.717) is 10.5 Å². The van der Waals surface area contributed by atoms with E-state index in [9.17, 15) is 27.2 Å². The number of hydrogen-bond acceptors (Lipinski definition) is 2. The average Bonchev–Trinajstić information content (AvgIpc) is 2.72. The number of halogens is 4. The van der Waals surface area contributed by atoms with Gasteiger partial charge in [-0.1, -0.05) is 42.5 Å². The van der Waals surface area contributed by atoms with Crippen LogP contribution < -0.4 is 4.90 Å². The van der Waals surface area contributed by atoms with Crippen LogP contribution in [0.4, 0.5) is 23.2 Å². The van der Waals surface area contributed by atoms with Crippen molar-refractivity contribution in [2.24, 2.45) is 0 Å². The molecule has 30 heavy (non-hydrogen) atoms. The molecular weight excluding hydrogens is 398 g/mol. The third-order valence-corrected chi connectivity index (χ3v) is 4.72. The van der Waals surface area contributed by atoms with Crippen molar-refractivity contribution in [2.45, 2.75) is 6.18 Å². The Morgan fingerprint density at radius 3 is 2.13 bits per heavy atom. The first-order valence-corrected chi connectivity index (χ1v) is 8.89. The SMILES string of the molecule is O=C1/C(=C\c2ccccc2F)c2ccccc2C(=O)N1c1cccc(C(F)(F)F)c1. The molecule has 0 aromatic heterocycles. The van der Waals surface area contributed by atoms with E-state index in [1.165, 1.54) is 36.4 Å². The maximum absolute atomic E-state index is 14.2. The molecule has 1 aliphatic heterocycles. The number of rotatable bonds is 2. The molecule has 150 valence electrons. The summed E-state index contributed by atoms with van der Waals surface area (Å²) in [5.41, 5.74) is -0.648. The summed E-state index contributed by atoms with van der Waals surface area (Å²) in [6.07, 6.45) is -3.34. The third kappa shape index (κ3) is 3.39. The Hall–Kier alpha value is -3.74. The Morgan fingerprint density at radius 1 is 0.767 bits per heavy atom. The molecule has 0 atom stereocenters. The van der Waals surface area contributed by atoms with Crippen LogP contribution in [0.3, 0.4) is 0 Å². The number of nitrogens with zero attached hydrogens (tertiary/aromatic N) is 1. The lowest BCUT2D eigenvalue weighted by molar-refractivity contribution is -0.137. The smallest absolute Gasteiger partial charge is 0.268 e. The van der Waals surface area contributed by atoms with E-state index in [1.807, 2.05) is 0 Å². The van der Waals surface area contributed by atoms with Crippen LogP contribution in [0, 0.1) is 5.82 Å². The third-order valence-electron chi connectivity index (χ3n) is 4.72. The van der Waals surface area contributed by atoms with Crippen LogP contribution >= 0.6 is 0 Å². The highest BCUT2D eigenvalue weighted by Gasteiger charge is 2.37. The van der Waals surface area contributed by atoms with Crippen LogP contribution in [0.5, 0.6) is 0 Å². The van der Waals surface area contributed by atoms with Crippen LogP contribution in [0.25, 0.3) is 11.6 Å². The zero-order valence-electron chi connectivity index (χ0n) is 15.3. The minimum Gasteiger partial charge on any atom is -0.268 e. The number of anilines is 1. The van der Waals surface area contributed by atoms with Crippen LogP contribution in [-0.2, 0) is 11.0 Å². The molecule has 0 bridgehead atoms. The fourth-order valence-electron chi connectivity index (χ4n) is 3.30. The van der Waals surface area contributed by atoms with Crippen molar-refractivity contribution in [1.82, 2.24) is 0 Å². The van der Waals surface area contributed by atoms with Gasteiger partial charge in [0.15, 0.2) is 0 Å². The molecule has 7 heteroatoms. The molecule has 0 saturated heterocycles. The van der Waals surface area contributed by atoms with Crippen molar-refractivity contribution in [3.8, 4) is 0 Å². The Morgan fingerprint density at radius 2 is 1.43 bits per heavy atom. The van der Waals surface area contributed by atoms with Gasteiger partial charge in [0.2, 0.25) is 0 Å². The lowest BCUT2D eigenvalue weighted by Crippen LogP contribution is -2.41. The first kappa shape index (κ1) is 19.6. The second-order valence-electron chi connectivity index (χ2n) is 6.62. The summed E-state index contributed by atoms with van der Waals surface area (Å²) in [5, 5.41) is 0. The van der Waals surface area contributed by atoms with Crippen LogP contribution in [0.2, 0.25) is 0 Å². The summed E-state index contributed by atoms with van der Waals surface area (Å²) in [4.78, 5) is 26.9. The van der Waals surface area contributed by atoms with Gasteiger partial charge in [-0.25, -0.2) is 9.29 Å². The molecule has 0 N–H and O–H groups in total. The van der Waals surface area contributed by atoms with Crippen molar-refractivity contribution in [3.05, 3.63) is 101 Å². The Kier molecular flexibility index (Phi) is 4.73. The highest BCUT2D eigenvalue weighted by Crippen LogP contribution is 2.36. The lowest BCUT2D eigenvalue weighted by Gasteiger charge is -2.29. The summed E-state index contributed by atoms with van der Waals surface area (Å²) in [7, 11) is 0. The standard InChI is InChI=1S/C23H13F4NO2/c24-20-11-4-1-6-14(20)12-19-17-9-2-3-10-18(17)21(29)28(22(19)30)16-8-5-7-15(13-16)23(25,26)27/h1-13H/b19-12-. The first-order valence-electron chi connectivity index (χ1n) is 8.89. The van der Waals surface area contributed by atoms with Crippen molar-refractivity contribution < 1.29 is 27.2 Å². The highest BCUT2D eigenvalue weighted by atomic mass is 19.4. The predicted molar refractivity (Wildman–Crippen MR) is 104 cm³/mol. The molecule has 3 nitrogen and oxygen atoms in total. The summed E-state index contributed by atoms with van der Waals surface area (Å²) < 4.78 is 53.6. The van der Waals surface area contributed by atoms with Crippen LogP contribution in [-0.4, -0.2) is 11.8 Å². The predicted octanol–water partition coefficient (Wildman–Crippen LogP) is 5.57. The van der Waals surface area contributed by atoms with E-state index in [1.54, 1.807) is 24.3 Å². The van der Waals surface area contributed by atoms with Gasteiger partial charge in [0.1, 0.15) is 5.82 Å². The Balaban J connectivity index is 1.90. The van der Waals surface area contributed by atoms with Gasteiger partial charge in [-0.2, -0.15) is 13.2 Å². The minimum absolute atomic E-state index is 0.00714. The van der Waals surface area contributed by atoms with E-state index in [0.717, 1.165) is 18.2 Å². The van der Waals surface area contributed by atoms with E-state index in [4.69, 9.17) is 0 Å². The van der Waals surface area contributed by atoms with E-state index >= 15 is 0 Å². The topological polar surface area (TPSA) is 37.4 Å². The molecule has 1 heterocycles. The number of carbonyl (C=O) groups excluding carboxylic acids is 2. The fraction of sp³-hybridized carbons (Fsp3) is 0.0435. The summed E-state index contributed by atoms with van der Waals surface area (Å²) >= 11 is 0. The molecule has 3 aromatic rings. The van der Waals surface area contributed by atoms with Gasteiger partial charge in [-0.15, -0.1) is 0 Å². The highest BCUT2D eigenvalue weighted by molar-refractivity contribution is 6.43. The lowest BCUT2D eigenvalue weighted by atomic mass is 9.91. The minimum atomic E-state index is -4.64. The maximum Gasteiger partial charge on any atom is 0.416 e. The normalized spacial score (nSPS) is 15.5. The molecule has 0 radical (unpaired) electrons. The summed E-state index contributed by atoms with van der Waals surface area (Å²) in [6.45, 7) is 0. The number of benzene rings is 3. The molecule has 0 fully saturated rings. The number of fused-ring (bicyclic) bond motifs is 1. The first-order chi connectivity index (χ1) is 14.3. The molecule has 1 aliphatic rings. The van der Waals surface area contributed by atoms with E-state index < -0.39 is 29.4 Å². The average molecular weight is 411 g/mol.